The first-order chi connectivity index (χ1) is 9.40. The predicted octanol–water partition coefficient (Wildman–Crippen LogP) is 3.91. The maximum Gasteiger partial charge on any atom is 0.165 e. The largest absolute Gasteiger partial charge is 0.343 e. The molecule has 1 atom stereocenters. The van der Waals surface area contributed by atoms with Crippen LogP contribution in [0.4, 0.5) is 5.00 Å². The van der Waals surface area contributed by atoms with Crippen molar-refractivity contribution in [3.63, 3.8) is 0 Å². The van der Waals surface area contributed by atoms with Crippen molar-refractivity contribution >= 4 is 33.3 Å². The molecule has 1 unspecified atom stereocenters. The van der Waals surface area contributed by atoms with E-state index in [1.165, 1.54) is 22.0 Å². The Kier molecular flexibility index (Phi) is 2.85. The van der Waals surface area contributed by atoms with E-state index in [-0.39, 0.29) is 0 Å². The summed E-state index contributed by atoms with van der Waals surface area (Å²) in [6, 6.07) is 13.6. The van der Waals surface area contributed by atoms with Gasteiger partial charge in [-0.3, -0.25) is 0 Å². The molecule has 1 fully saturated rings. The van der Waals surface area contributed by atoms with Crippen LogP contribution in [-0.2, 0) is 13.0 Å². The van der Waals surface area contributed by atoms with E-state index >= 15 is 0 Å². The molecular formula is C15H14N2S2. The van der Waals surface area contributed by atoms with Gasteiger partial charge in [0.05, 0.1) is 0 Å². The molecule has 4 rings (SSSR count). The van der Waals surface area contributed by atoms with E-state index in [0.717, 1.165) is 18.0 Å². The van der Waals surface area contributed by atoms with Crippen molar-refractivity contribution in [2.24, 2.45) is 4.99 Å². The molecule has 0 aliphatic carbocycles. The summed E-state index contributed by atoms with van der Waals surface area (Å²) in [5, 5.41) is 4.39. The van der Waals surface area contributed by atoms with Gasteiger partial charge in [0.15, 0.2) is 5.17 Å². The third kappa shape index (κ3) is 2.09. The molecule has 0 bridgehead atoms. The smallest absolute Gasteiger partial charge is 0.165 e. The summed E-state index contributed by atoms with van der Waals surface area (Å²) in [6.45, 7) is 1.01. The van der Waals surface area contributed by atoms with Crippen molar-refractivity contribution in [2.75, 3.05) is 5.75 Å². The quantitative estimate of drug-likeness (QED) is 0.790. The van der Waals surface area contributed by atoms with Crippen LogP contribution in [0.5, 0.6) is 0 Å². The van der Waals surface area contributed by atoms with Crippen molar-refractivity contribution < 1.29 is 0 Å². The average molecular weight is 286 g/mol. The van der Waals surface area contributed by atoms with E-state index in [4.69, 9.17) is 4.99 Å². The van der Waals surface area contributed by atoms with Crippen LogP contribution in [-0.4, -0.2) is 21.9 Å². The normalized spacial score (nSPS) is 23.5. The molecule has 19 heavy (non-hydrogen) atoms. The summed E-state index contributed by atoms with van der Waals surface area (Å²) in [6.07, 6.45) is 1.16. The fraction of sp³-hybridized carbons (Fsp3) is 0.267. The summed E-state index contributed by atoms with van der Waals surface area (Å²) >= 11 is 3.61. The van der Waals surface area contributed by atoms with E-state index in [0.29, 0.717) is 6.04 Å². The molecule has 0 amide bonds. The minimum Gasteiger partial charge on any atom is -0.343 e. The summed E-state index contributed by atoms with van der Waals surface area (Å²) < 4.78 is 0. The van der Waals surface area contributed by atoms with Crippen LogP contribution >= 0.6 is 23.1 Å². The maximum absolute atomic E-state index is 4.80. The van der Waals surface area contributed by atoms with Crippen LogP contribution in [0.25, 0.3) is 0 Å². The molecular weight excluding hydrogens is 272 g/mol. The molecule has 1 saturated heterocycles. The van der Waals surface area contributed by atoms with Crippen LogP contribution < -0.4 is 0 Å². The van der Waals surface area contributed by atoms with Gasteiger partial charge < -0.3 is 4.90 Å². The van der Waals surface area contributed by atoms with Gasteiger partial charge in [0.1, 0.15) is 5.00 Å². The zero-order valence-electron chi connectivity index (χ0n) is 10.5. The molecule has 0 N–H and O–H groups in total. The number of amidine groups is 1. The summed E-state index contributed by atoms with van der Waals surface area (Å²) in [5.41, 5.74) is 2.97. The average Bonchev–Trinajstić information content (AvgIpc) is 3.08. The van der Waals surface area contributed by atoms with Crippen LogP contribution in [0.3, 0.4) is 0 Å². The fourth-order valence-electron chi connectivity index (χ4n) is 2.74. The molecule has 0 radical (unpaired) electrons. The SMILES string of the molecule is c1csc(N=C2SCC3Cc4ccccc4CN23)c1. The summed E-state index contributed by atoms with van der Waals surface area (Å²) in [4.78, 5) is 7.28. The number of aliphatic imine (C=N–C) groups is 1. The zero-order valence-corrected chi connectivity index (χ0v) is 12.1. The molecule has 96 valence electrons. The fourth-order valence-corrected chi connectivity index (χ4v) is 4.57. The number of nitrogens with zero attached hydrogens (tertiary/aromatic N) is 2. The molecule has 3 heterocycles. The molecule has 1 aromatic carbocycles. The van der Waals surface area contributed by atoms with Gasteiger partial charge >= 0.3 is 0 Å². The second kappa shape index (κ2) is 4.69. The molecule has 2 aliphatic heterocycles. The van der Waals surface area contributed by atoms with Crippen LogP contribution in [0.1, 0.15) is 11.1 Å². The van der Waals surface area contributed by atoms with Crippen molar-refractivity contribution in [1.82, 2.24) is 4.90 Å². The first kappa shape index (κ1) is 11.6. The van der Waals surface area contributed by atoms with Gasteiger partial charge in [-0.05, 0) is 35.1 Å². The first-order valence-corrected chi connectivity index (χ1v) is 8.35. The lowest BCUT2D eigenvalue weighted by atomic mass is 9.95. The Morgan fingerprint density at radius 1 is 1.11 bits per heavy atom. The van der Waals surface area contributed by atoms with Gasteiger partial charge in [-0.2, -0.15) is 0 Å². The number of thiophene rings is 1. The van der Waals surface area contributed by atoms with Gasteiger partial charge in [0.25, 0.3) is 0 Å². The van der Waals surface area contributed by atoms with Crippen molar-refractivity contribution in [3.8, 4) is 0 Å². The lowest BCUT2D eigenvalue weighted by Gasteiger charge is -2.32. The van der Waals surface area contributed by atoms with Crippen LogP contribution in [0.15, 0.2) is 46.8 Å². The van der Waals surface area contributed by atoms with E-state index < -0.39 is 0 Å². The number of fused-ring (bicyclic) bond motifs is 2. The van der Waals surface area contributed by atoms with Crippen molar-refractivity contribution in [1.29, 1.82) is 0 Å². The van der Waals surface area contributed by atoms with Gasteiger partial charge in [-0.15, -0.1) is 11.3 Å². The summed E-state index contributed by atoms with van der Waals surface area (Å²) in [7, 11) is 0. The van der Waals surface area contributed by atoms with Crippen molar-refractivity contribution in [2.45, 2.75) is 19.0 Å². The van der Waals surface area contributed by atoms with E-state index in [1.807, 2.05) is 11.8 Å². The zero-order chi connectivity index (χ0) is 12.7. The van der Waals surface area contributed by atoms with E-state index in [1.54, 1.807) is 11.3 Å². The maximum atomic E-state index is 4.80. The summed E-state index contributed by atoms with van der Waals surface area (Å²) in [5.74, 6) is 1.17. The minimum atomic E-state index is 0.624. The van der Waals surface area contributed by atoms with E-state index in [9.17, 15) is 0 Å². The Bertz CT molecular complexity index is 619. The second-order valence-corrected chi connectivity index (χ2v) is 6.82. The second-order valence-electron chi connectivity index (χ2n) is 4.91. The first-order valence-electron chi connectivity index (χ1n) is 6.48. The Hall–Kier alpha value is -1.26. The van der Waals surface area contributed by atoms with Gasteiger partial charge in [0, 0.05) is 18.3 Å². The Morgan fingerprint density at radius 3 is 2.84 bits per heavy atom. The highest BCUT2D eigenvalue weighted by molar-refractivity contribution is 8.14. The standard InChI is InChI=1S/C15H14N2S2/c1-2-5-12-9-17-13(8-11(12)4-1)10-19-15(17)16-14-6-3-7-18-14/h1-7,13H,8-10H2. The number of hydrogen-bond acceptors (Lipinski definition) is 3. The van der Waals surface area contributed by atoms with Gasteiger partial charge in [-0.25, -0.2) is 4.99 Å². The Balaban J connectivity index is 1.66. The highest BCUT2D eigenvalue weighted by Gasteiger charge is 2.34. The number of hydrogen-bond donors (Lipinski definition) is 0. The Labute approximate surface area is 121 Å². The Morgan fingerprint density at radius 2 is 2.00 bits per heavy atom. The lowest BCUT2D eigenvalue weighted by molar-refractivity contribution is 0.320. The molecule has 2 nitrogen and oxygen atoms in total. The lowest BCUT2D eigenvalue weighted by Crippen LogP contribution is -2.38. The molecule has 2 aliphatic rings. The van der Waals surface area contributed by atoms with Gasteiger partial charge in [-0.1, -0.05) is 36.0 Å². The molecule has 0 spiro atoms. The third-order valence-corrected chi connectivity index (χ3v) is 5.62. The van der Waals surface area contributed by atoms with Gasteiger partial charge in [0.2, 0.25) is 0 Å². The topological polar surface area (TPSA) is 15.6 Å². The minimum absolute atomic E-state index is 0.624. The van der Waals surface area contributed by atoms with Crippen LogP contribution in [0.2, 0.25) is 0 Å². The highest BCUT2D eigenvalue weighted by atomic mass is 32.2. The third-order valence-electron chi connectivity index (χ3n) is 3.72. The molecule has 0 saturated carbocycles. The highest BCUT2D eigenvalue weighted by Crippen LogP contribution is 2.35. The van der Waals surface area contributed by atoms with Crippen molar-refractivity contribution in [3.05, 3.63) is 52.9 Å². The number of benzene rings is 1. The number of rotatable bonds is 1. The molecule has 1 aromatic heterocycles. The number of thioether (sulfide) groups is 1. The monoisotopic (exact) mass is 286 g/mol. The van der Waals surface area contributed by atoms with E-state index in [2.05, 4.69) is 46.7 Å². The molecule has 2 aromatic rings. The van der Waals surface area contributed by atoms with Crippen LogP contribution in [0, 0.1) is 0 Å². The molecule has 4 heteroatoms. The predicted molar refractivity (Wildman–Crippen MR) is 83.3 cm³/mol.